The van der Waals surface area contributed by atoms with Crippen molar-refractivity contribution >= 4 is 39.7 Å². The molecule has 5 nitrogen and oxygen atoms in total. The Bertz CT molecular complexity index is 1220. The molecule has 0 fully saturated rings. The van der Waals surface area contributed by atoms with Gasteiger partial charge in [-0.15, -0.1) is 0 Å². The van der Waals surface area contributed by atoms with Gasteiger partial charge in [-0.25, -0.2) is 5.43 Å². The van der Waals surface area contributed by atoms with E-state index in [-0.39, 0.29) is 0 Å². The van der Waals surface area contributed by atoms with Gasteiger partial charge < -0.3 is 9.52 Å². The van der Waals surface area contributed by atoms with E-state index < -0.39 is 11.5 Å². The number of nitrogens with one attached hydrogen (secondary N) is 1. The average molecular weight is 510 g/mol. The second-order valence-corrected chi connectivity index (χ2v) is 8.23. The third-order valence-corrected chi connectivity index (χ3v) is 6.13. The van der Waals surface area contributed by atoms with E-state index in [1.54, 1.807) is 66.7 Å². The molecule has 0 atom stereocenters. The number of hydrogen-bond acceptors (Lipinski definition) is 4. The topological polar surface area (TPSA) is 74.8 Å². The van der Waals surface area contributed by atoms with E-state index in [0.717, 1.165) is 10.0 Å². The maximum Gasteiger partial charge on any atom is 0.281 e. The van der Waals surface area contributed by atoms with Crippen LogP contribution in [0.2, 0.25) is 5.02 Å². The van der Waals surface area contributed by atoms with Gasteiger partial charge in [0.15, 0.2) is 5.60 Å². The van der Waals surface area contributed by atoms with Gasteiger partial charge in [-0.05, 0) is 51.3 Å². The van der Waals surface area contributed by atoms with Gasteiger partial charge in [0.2, 0.25) is 0 Å². The molecule has 1 amide bonds. The fourth-order valence-corrected chi connectivity index (χ4v) is 3.68. The zero-order valence-electron chi connectivity index (χ0n) is 16.7. The fraction of sp³-hybridized carbons (Fsp3) is 0.0400. The number of benzene rings is 3. The Kier molecular flexibility index (Phi) is 6.55. The number of amides is 1. The highest BCUT2D eigenvalue weighted by Gasteiger charge is 2.39. The Balaban J connectivity index is 1.54. The van der Waals surface area contributed by atoms with Crippen LogP contribution >= 0.6 is 27.5 Å². The summed E-state index contributed by atoms with van der Waals surface area (Å²) in [6, 6.07) is 26.5. The van der Waals surface area contributed by atoms with Crippen molar-refractivity contribution in [3.8, 4) is 11.3 Å². The lowest BCUT2D eigenvalue weighted by Gasteiger charge is -2.26. The van der Waals surface area contributed by atoms with Crippen LogP contribution in [0.4, 0.5) is 0 Å². The Morgan fingerprint density at radius 1 is 0.969 bits per heavy atom. The Morgan fingerprint density at radius 3 is 2.19 bits per heavy atom. The van der Waals surface area contributed by atoms with E-state index in [9.17, 15) is 9.90 Å². The first-order chi connectivity index (χ1) is 15.5. The van der Waals surface area contributed by atoms with Crippen molar-refractivity contribution in [1.29, 1.82) is 0 Å². The molecule has 0 radical (unpaired) electrons. The Morgan fingerprint density at radius 2 is 1.59 bits per heavy atom. The minimum atomic E-state index is -1.90. The molecule has 0 aliphatic heterocycles. The molecule has 7 heteroatoms. The summed E-state index contributed by atoms with van der Waals surface area (Å²) in [5, 5.41) is 16.0. The third kappa shape index (κ3) is 4.53. The zero-order chi connectivity index (χ0) is 22.6. The molecule has 0 bridgehead atoms. The standard InChI is InChI=1S/C25H18BrClN2O3/c26-21-13-11-17(15-22(21)27)23-14-12-20(32-23)16-28-29-24(30)25(31,18-7-3-1-4-8-18)19-9-5-2-6-10-19/h1-16,31H,(H,29,30)/b28-16+. The maximum atomic E-state index is 13.0. The van der Waals surface area contributed by atoms with Crippen LogP contribution in [0.3, 0.4) is 0 Å². The highest BCUT2D eigenvalue weighted by Crippen LogP contribution is 2.31. The number of halogens is 2. The van der Waals surface area contributed by atoms with Gasteiger partial charge in [0.25, 0.3) is 5.91 Å². The van der Waals surface area contributed by atoms with Crippen molar-refractivity contribution in [3.63, 3.8) is 0 Å². The molecular weight excluding hydrogens is 492 g/mol. The number of hydrogen-bond donors (Lipinski definition) is 2. The molecule has 4 rings (SSSR count). The van der Waals surface area contributed by atoms with E-state index in [4.69, 9.17) is 16.0 Å². The first kappa shape index (κ1) is 22.0. The molecule has 0 aliphatic rings. The second-order valence-electron chi connectivity index (χ2n) is 6.97. The van der Waals surface area contributed by atoms with Crippen LogP contribution in [0.25, 0.3) is 11.3 Å². The molecule has 160 valence electrons. The van der Waals surface area contributed by atoms with Crippen LogP contribution in [0.1, 0.15) is 16.9 Å². The predicted octanol–water partition coefficient (Wildman–Crippen LogP) is 5.75. The van der Waals surface area contributed by atoms with Crippen molar-refractivity contribution < 1.29 is 14.3 Å². The molecule has 0 saturated carbocycles. The van der Waals surface area contributed by atoms with Crippen LogP contribution in [0.15, 0.2) is 105 Å². The quantitative estimate of drug-likeness (QED) is 0.257. The molecule has 3 aromatic carbocycles. The Hall–Kier alpha value is -3.19. The third-order valence-electron chi connectivity index (χ3n) is 4.90. The van der Waals surface area contributed by atoms with E-state index in [1.807, 2.05) is 24.3 Å². The van der Waals surface area contributed by atoms with Gasteiger partial charge in [0, 0.05) is 10.0 Å². The molecule has 0 spiro atoms. The summed E-state index contributed by atoms with van der Waals surface area (Å²) >= 11 is 9.51. The van der Waals surface area contributed by atoms with Gasteiger partial charge in [-0.2, -0.15) is 5.10 Å². The number of hydrazone groups is 1. The molecule has 1 heterocycles. The number of aliphatic hydroxyl groups is 1. The first-order valence-electron chi connectivity index (χ1n) is 9.70. The highest BCUT2D eigenvalue weighted by molar-refractivity contribution is 9.10. The van der Waals surface area contributed by atoms with Crippen molar-refractivity contribution in [2.45, 2.75) is 5.60 Å². The van der Waals surface area contributed by atoms with E-state index in [0.29, 0.717) is 27.7 Å². The fourth-order valence-electron chi connectivity index (χ4n) is 3.25. The van der Waals surface area contributed by atoms with E-state index in [2.05, 4.69) is 26.5 Å². The summed E-state index contributed by atoms with van der Waals surface area (Å²) in [5.74, 6) is 0.358. The summed E-state index contributed by atoms with van der Waals surface area (Å²) < 4.78 is 6.56. The normalized spacial score (nSPS) is 11.6. The van der Waals surface area contributed by atoms with Gasteiger partial charge in [0.1, 0.15) is 11.5 Å². The molecule has 1 aromatic heterocycles. The summed E-state index contributed by atoms with van der Waals surface area (Å²) in [6.45, 7) is 0. The van der Waals surface area contributed by atoms with Gasteiger partial charge in [-0.3, -0.25) is 4.79 Å². The zero-order valence-corrected chi connectivity index (χ0v) is 19.0. The summed E-state index contributed by atoms with van der Waals surface area (Å²) in [4.78, 5) is 13.0. The van der Waals surface area contributed by atoms with E-state index in [1.165, 1.54) is 6.21 Å². The lowest BCUT2D eigenvalue weighted by molar-refractivity contribution is -0.136. The van der Waals surface area contributed by atoms with Crippen LogP contribution < -0.4 is 5.43 Å². The van der Waals surface area contributed by atoms with Crippen molar-refractivity contribution in [2.75, 3.05) is 0 Å². The van der Waals surface area contributed by atoms with Crippen molar-refractivity contribution in [1.82, 2.24) is 5.43 Å². The largest absolute Gasteiger partial charge is 0.455 e. The van der Waals surface area contributed by atoms with Crippen LogP contribution in [0.5, 0.6) is 0 Å². The highest BCUT2D eigenvalue weighted by atomic mass is 79.9. The number of rotatable bonds is 6. The summed E-state index contributed by atoms with van der Waals surface area (Å²) in [7, 11) is 0. The average Bonchev–Trinajstić information content (AvgIpc) is 3.30. The van der Waals surface area contributed by atoms with Crippen LogP contribution in [0, 0.1) is 0 Å². The Labute approximate surface area is 198 Å². The summed E-state index contributed by atoms with van der Waals surface area (Å²) in [6.07, 6.45) is 1.37. The molecule has 4 aromatic rings. The van der Waals surface area contributed by atoms with Gasteiger partial charge in [-0.1, -0.05) is 78.3 Å². The summed E-state index contributed by atoms with van der Waals surface area (Å²) in [5.41, 5.74) is 2.21. The number of carbonyl (C=O) groups is 1. The molecule has 0 aliphatic carbocycles. The minimum Gasteiger partial charge on any atom is -0.455 e. The predicted molar refractivity (Wildman–Crippen MR) is 128 cm³/mol. The smallest absolute Gasteiger partial charge is 0.281 e. The molecule has 2 N–H and O–H groups in total. The van der Waals surface area contributed by atoms with Crippen molar-refractivity contribution in [3.05, 3.63) is 117 Å². The molecular formula is C25H18BrClN2O3. The lowest BCUT2D eigenvalue weighted by atomic mass is 9.85. The molecule has 0 unspecified atom stereocenters. The number of furan rings is 1. The van der Waals surface area contributed by atoms with Crippen molar-refractivity contribution in [2.24, 2.45) is 5.10 Å². The lowest BCUT2D eigenvalue weighted by Crippen LogP contribution is -2.43. The van der Waals surface area contributed by atoms with E-state index >= 15 is 0 Å². The monoisotopic (exact) mass is 508 g/mol. The van der Waals surface area contributed by atoms with Gasteiger partial charge >= 0.3 is 0 Å². The molecule has 0 saturated heterocycles. The molecule has 32 heavy (non-hydrogen) atoms. The second kappa shape index (κ2) is 9.53. The SMILES string of the molecule is O=C(N/N=C/c1ccc(-c2ccc(Br)c(Cl)c2)o1)C(O)(c1ccccc1)c1ccccc1. The minimum absolute atomic E-state index is 0.433. The first-order valence-corrected chi connectivity index (χ1v) is 10.9. The number of carbonyl (C=O) groups excluding carboxylic acids is 1. The van der Waals surface area contributed by atoms with Crippen LogP contribution in [-0.2, 0) is 10.4 Å². The maximum absolute atomic E-state index is 13.0. The van der Waals surface area contributed by atoms with Gasteiger partial charge in [0.05, 0.1) is 11.2 Å². The number of nitrogens with zero attached hydrogens (tertiary/aromatic N) is 1. The van der Waals surface area contributed by atoms with Crippen LogP contribution in [-0.4, -0.2) is 17.2 Å².